The van der Waals surface area contributed by atoms with E-state index in [0.717, 1.165) is 10.9 Å². The van der Waals surface area contributed by atoms with E-state index in [2.05, 4.69) is 64.3 Å². The Morgan fingerprint density at radius 1 is 1.19 bits per heavy atom. The van der Waals surface area contributed by atoms with Crippen molar-refractivity contribution in [2.24, 2.45) is 0 Å². The van der Waals surface area contributed by atoms with E-state index in [0.29, 0.717) is 12.1 Å². The number of hydrogen-bond acceptors (Lipinski definition) is 2. The van der Waals surface area contributed by atoms with Crippen LogP contribution in [-0.2, 0) is 0 Å². The van der Waals surface area contributed by atoms with Gasteiger partial charge in [0.1, 0.15) is 0 Å². The minimum absolute atomic E-state index is 0.487. The van der Waals surface area contributed by atoms with Crippen LogP contribution in [0.5, 0.6) is 0 Å². The third kappa shape index (κ3) is 5.39. The van der Waals surface area contributed by atoms with Gasteiger partial charge in [-0.3, -0.25) is 0 Å². The SMILES string of the molecule is CCCN1CCCC(NC(CC)c2ccc(Br)cc2)CC1. The first-order valence-corrected chi connectivity index (χ1v) is 9.26. The molecule has 0 spiro atoms. The zero-order valence-electron chi connectivity index (χ0n) is 13.4. The van der Waals surface area contributed by atoms with Crippen LogP contribution in [0.1, 0.15) is 57.6 Å². The molecule has 2 rings (SSSR count). The van der Waals surface area contributed by atoms with Crippen molar-refractivity contribution >= 4 is 15.9 Å². The molecule has 118 valence electrons. The number of rotatable bonds is 6. The highest BCUT2D eigenvalue weighted by Crippen LogP contribution is 2.22. The van der Waals surface area contributed by atoms with Crippen LogP contribution in [0, 0.1) is 0 Å². The lowest BCUT2D eigenvalue weighted by Gasteiger charge is -2.25. The van der Waals surface area contributed by atoms with Gasteiger partial charge in [-0.15, -0.1) is 0 Å². The predicted molar refractivity (Wildman–Crippen MR) is 94.7 cm³/mol. The molecule has 0 radical (unpaired) electrons. The van der Waals surface area contributed by atoms with Crippen molar-refractivity contribution in [3.05, 3.63) is 34.3 Å². The van der Waals surface area contributed by atoms with Crippen LogP contribution in [0.15, 0.2) is 28.7 Å². The molecule has 2 unspecified atom stereocenters. The van der Waals surface area contributed by atoms with E-state index in [1.165, 1.54) is 50.9 Å². The molecule has 1 heterocycles. The molecule has 1 aromatic carbocycles. The van der Waals surface area contributed by atoms with Gasteiger partial charge in [-0.05, 0) is 69.4 Å². The molecule has 0 amide bonds. The minimum Gasteiger partial charge on any atom is -0.307 e. The fourth-order valence-corrected chi connectivity index (χ4v) is 3.56. The molecule has 2 nitrogen and oxygen atoms in total. The molecule has 1 aliphatic rings. The van der Waals surface area contributed by atoms with Crippen molar-refractivity contribution in [2.45, 2.75) is 58.0 Å². The molecule has 0 bridgehead atoms. The van der Waals surface area contributed by atoms with Crippen LogP contribution in [0.2, 0.25) is 0 Å². The van der Waals surface area contributed by atoms with E-state index in [1.807, 2.05) is 0 Å². The van der Waals surface area contributed by atoms with Crippen LogP contribution < -0.4 is 5.32 Å². The lowest BCUT2D eigenvalue weighted by Crippen LogP contribution is -2.34. The largest absolute Gasteiger partial charge is 0.307 e. The average molecular weight is 353 g/mol. The number of hydrogen-bond donors (Lipinski definition) is 1. The van der Waals surface area contributed by atoms with E-state index < -0.39 is 0 Å². The molecule has 2 atom stereocenters. The van der Waals surface area contributed by atoms with Gasteiger partial charge >= 0.3 is 0 Å². The van der Waals surface area contributed by atoms with Crippen LogP contribution in [0.3, 0.4) is 0 Å². The fraction of sp³-hybridized carbons (Fsp3) is 0.667. The summed E-state index contributed by atoms with van der Waals surface area (Å²) in [4.78, 5) is 2.63. The Morgan fingerprint density at radius 3 is 2.62 bits per heavy atom. The van der Waals surface area contributed by atoms with Crippen molar-refractivity contribution in [3.63, 3.8) is 0 Å². The number of nitrogens with one attached hydrogen (secondary N) is 1. The first-order chi connectivity index (χ1) is 10.2. The van der Waals surface area contributed by atoms with Crippen molar-refractivity contribution in [2.75, 3.05) is 19.6 Å². The van der Waals surface area contributed by atoms with Crippen molar-refractivity contribution in [1.29, 1.82) is 0 Å². The van der Waals surface area contributed by atoms with Gasteiger partial charge in [-0.1, -0.05) is 41.9 Å². The standard InChI is InChI=1S/C18H29BrN2/c1-3-12-21-13-5-6-17(11-14-21)20-18(4-2)15-7-9-16(19)10-8-15/h7-10,17-18,20H,3-6,11-14H2,1-2H3. The van der Waals surface area contributed by atoms with E-state index in [4.69, 9.17) is 0 Å². The summed E-state index contributed by atoms with van der Waals surface area (Å²) < 4.78 is 1.16. The van der Waals surface area contributed by atoms with Crippen molar-refractivity contribution in [3.8, 4) is 0 Å². The van der Waals surface area contributed by atoms with E-state index >= 15 is 0 Å². The molecule has 1 aliphatic heterocycles. The highest BCUT2D eigenvalue weighted by atomic mass is 79.9. The van der Waals surface area contributed by atoms with Gasteiger partial charge in [0, 0.05) is 16.6 Å². The third-order valence-electron chi connectivity index (χ3n) is 4.48. The molecule has 21 heavy (non-hydrogen) atoms. The van der Waals surface area contributed by atoms with Gasteiger partial charge < -0.3 is 10.2 Å². The molecule has 0 aromatic heterocycles. The topological polar surface area (TPSA) is 15.3 Å². The summed E-state index contributed by atoms with van der Waals surface area (Å²) in [5.41, 5.74) is 1.41. The third-order valence-corrected chi connectivity index (χ3v) is 5.01. The first kappa shape index (κ1) is 17.0. The van der Waals surface area contributed by atoms with Gasteiger partial charge in [-0.2, -0.15) is 0 Å². The summed E-state index contributed by atoms with van der Waals surface area (Å²) in [5.74, 6) is 0. The molecule has 1 fully saturated rings. The maximum absolute atomic E-state index is 3.90. The number of benzene rings is 1. The molecule has 1 saturated heterocycles. The Labute approximate surface area is 138 Å². The van der Waals surface area contributed by atoms with E-state index in [9.17, 15) is 0 Å². The second-order valence-corrected chi connectivity index (χ2v) is 7.06. The molecule has 1 aromatic rings. The fourth-order valence-electron chi connectivity index (χ4n) is 3.29. The summed E-state index contributed by atoms with van der Waals surface area (Å²) in [6.07, 6.45) is 6.35. The normalized spacial score (nSPS) is 22.0. The van der Waals surface area contributed by atoms with Gasteiger partial charge in [0.15, 0.2) is 0 Å². The lowest BCUT2D eigenvalue weighted by molar-refractivity contribution is 0.281. The number of halogens is 1. The zero-order valence-corrected chi connectivity index (χ0v) is 15.0. The first-order valence-electron chi connectivity index (χ1n) is 8.46. The molecule has 3 heteroatoms. The quantitative estimate of drug-likeness (QED) is 0.794. The Hall–Kier alpha value is -0.380. The van der Waals surface area contributed by atoms with Crippen LogP contribution in [0.25, 0.3) is 0 Å². The summed E-state index contributed by atoms with van der Waals surface area (Å²) in [6.45, 7) is 8.35. The summed E-state index contributed by atoms with van der Waals surface area (Å²) in [5, 5.41) is 3.90. The van der Waals surface area contributed by atoms with Gasteiger partial charge in [0.2, 0.25) is 0 Å². The Balaban J connectivity index is 1.91. The Morgan fingerprint density at radius 2 is 1.95 bits per heavy atom. The van der Waals surface area contributed by atoms with Crippen LogP contribution >= 0.6 is 15.9 Å². The van der Waals surface area contributed by atoms with Gasteiger partial charge in [-0.25, -0.2) is 0 Å². The van der Waals surface area contributed by atoms with E-state index in [1.54, 1.807) is 0 Å². The molecular formula is C18H29BrN2. The molecule has 0 saturated carbocycles. The van der Waals surface area contributed by atoms with Gasteiger partial charge in [0.25, 0.3) is 0 Å². The van der Waals surface area contributed by atoms with Crippen LogP contribution in [0.4, 0.5) is 0 Å². The highest BCUT2D eigenvalue weighted by Gasteiger charge is 2.19. The maximum Gasteiger partial charge on any atom is 0.0320 e. The number of likely N-dealkylation sites (tertiary alicyclic amines) is 1. The zero-order chi connectivity index (χ0) is 15.1. The average Bonchev–Trinajstić information content (AvgIpc) is 2.72. The second-order valence-electron chi connectivity index (χ2n) is 6.15. The molecule has 0 aliphatic carbocycles. The Kier molecular flexibility index (Phi) is 7.21. The summed E-state index contributed by atoms with van der Waals surface area (Å²) in [6, 6.07) is 9.93. The Bertz CT molecular complexity index is 404. The minimum atomic E-state index is 0.487. The lowest BCUT2D eigenvalue weighted by atomic mass is 10.0. The predicted octanol–water partition coefficient (Wildman–Crippen LogP) is 4.75. The van der Waals surface area contributed by atoms with Crippen molar-refractivity contribution < 1.29 is 0 Å². The van der Waals surface area contributed by atoms with Crippen LogP contribution in [-0.4, -0.2) is 30.6 Å². The van der Waals surface area contributed by atoms with Gasteiger partial charge in [0.05, 0.1) is 0 Å². The second kappa shape index (κ2) is 8.92. The summed E-state index contributed by atoms with van der Waals surface area (Å²) in [7, 11) is 0. The molecular weight excluding hydrogens is 324 g/mol. The maximum atomic E-state index is 3.90. The summed E-state index contributed by atoms with van der Waals surface area (Å²) >= 11 is 3.52. The monoisotopic (exact) mass is 352 g/mol. The van der Waals surface area contributed by atoms with E-state index in [-0.39, 0.29) is 0 Å². The van der Waals surface area contributed by atoms with Crippen molar-refractivity contribution in [1.82, 2.24) is 10.2 Å². The molecule has 1 N–H and O–H groups in total. The number of nitrogens with zero attached hydrogens (tertiary/aromatic N) is 1. The smallest absolute Gasteiger partial charge is 0.0320 e. The highest BCUT2D eigenvalue weighted by molar-refractivity contribution is 9.10.